The third-order valence-electron chi connectivity index (χ3n) is 7.51. The van der Waals surface area contributed by atoms with Crippen LogP contribution in [0.5, 0.6) is 11.5 Å². The SMILES string of the molecule is CCCCOC(=O)NC(C)(C)OC(CCC(Cc1ccc(OC)c(OCCCOC)c1)C(C)C)CC(C(=O)O)C(C)C. The lowest BCUT2D eigenvalue weighted by molar-refractivity contribution is -0.148. The van der Waals surface area contributed by atoms with Gasteiger partial charge in [0, 0.05) is 20.1 Å². The molecule has 2 N–H and O–H groups in total. The van der Waals surface area contributed by atoms with Crippen LogP contribution < -0.4 is 14.8 Å². The molecular weight excluding hydrogens is 538 g/mol. The van der Waals surface area contributed by atoms with Crippen molar-refractivity contribution in [2.24, 2.45) is 23.7 Å². The molecule has 1 rings (SSSR count). The molecule has 9 heteroatoms. The van der Waals surface area contributed by atoms with E-state index in [2.05, 4.69) is 25.2 Å². The summed E-state index contributed by atoms with van der Waals surface area (Å²) >= 11 is 0. The molecule has 3 unspecified atom stereocenters. The molecular formula is C33H57NO8. The van der Waals surface area contributed by atoms with E-state index in [0.29, 0.717) is 50.2 Å². The minimum atomic E-state index is -1.02. The van der Waals surface area contributed by atoms with Crippen molar-refractivity contribution in [1.82, 2.24) is 5.32 Å². The average molecular weight is 596 g/mol. The number of alkyl carbamates (subject to hydrolysis) is 1. The molecule has 0 bridgehead atoms. The van der Waals surface area contributed by atoms with Crippen LogP contribution in [0.15, 0.2) is 18.2 Å². The van der Waals surface area contributed by atoms with Gasteiger partial charge in [-0.25, -0.2) is 4.79 Å². The topological polar surface area (TPSA) is 113 Å². The van der Waals surface area contributed by atoms with E-state index in [1.54, 1.807) is 28.1 Å². The monoisotopic (exact) mass is 595 g/mol. The van der Waals surface area contributed by atoms with Gasteiger partial charge in [0.25, 0.3) is 0 Å². The third kappa shape index (κ3) is 14.6. The number of hydrogen-bond acceptors (Lipinski definition) is 7. The molecule has 0 saturated carbocycles. The average Bonchev–Trinajstić information content (AvgIpc) is 2.90. The number of aliphatic carboxylic acids is 1. The van der Waals surface area contributed by atoms with E-state index in [4.69, 9.17) is 23.7 Å². The Labute approximate surface area is 254 Å². The standard InChI is InChI=1S/C33H57NO8/c1-10-11-18-41-32(37)34-33(6,7)42-27(22-28(24(4)5)31(35)36)15-14-26(23(2)3)20-25-13-16-29(39-9)30(21-25)40-19-12-17-38-8/h13,16,21,23-24,26-28H,10-12,14-15,17-20,22H2,1-9H3,(H,34,37)(H,35,36). The Balaban J connectivity index is 3.05. The van der Waals surface area contributed by atoms with Crippen LogP contribution in [0.1, 0.15) is 92.6 Å². The molecule has 42 heavy (non-hydrogen) atoms. The molecule has 0 heterocycles. The maximum atomic E-state index is 12.4. The van der Waals surface area contributed by atoms with Crippen LogP contribution in [-0.4, -0.2) is 63.0 Å². The number of rotatable bonds is 22. The van der Waals surface area contributed by atoms with Crippen molar-refractivity contribution in [3.8, 4) is 11.5 Å². The lowest BCUT2D eigenvalue weighted by atomic mass is 9.82. The molecule has 0 aliphatic heterocycles. The molecule has 0 radical (unpaired) electrons. The Morgan fingerprint density at radius 2 is 1.67 bits per heavy atom. The number of nitrogens with one attached hydrogen (secondary N) is 1. The molecule has 9 nitrogen and oxygen atoms in total. The number of hydrogen-bond donors (Lipinski definition) is 2. The maximum Gasteiger partial charge on any atom is 0.409 e. The Morgan fingerprint density at radius 1 is 0.952 bits per heavy atom. The highest BCUT2D eigenvalue weighted by Crippen LogP contribution is 2.33. The van der Waals surface area contributed by atoms with Gasteiger partial charge in [0.2, 0.25) is 0 Å². The number of amides is 1. The minimum absolute atomic E-state index is 0.0498. The van der Waals surface area contributed by atoms with Crippen molar-refractivity contribution >= 4 is 12.1 Å². The van der Waals surface area contributed by atoms with Crippen LogP contribution in [0.25, 0.3) is 0 Å². The normalized spacial score (nSPS) is 14.0. The highest BCUT2D eigenvalue weighted by atomic mass is 16.6. The molecule has 0 spiro atoms. The van der Waals surface area contributed by atoms with Gasteiger partial charge in [-0.2, -0.15) is 0 Å². The summed E-state index contributed by atoms with van der Waals surface area (Å²) in [5.74, 6) is 0.685. The molecule has 3 atom stereocenters. The fourth-order valence-electron chi connectivity index (χ4n) is 4.92. The van der Waals surface area contributed by atoms with Crippen molar-refractivity contribution in [3.05, 3.63) is 23.8 Å². The molecule has 0 aliphatic carbocycles. The quantitative estimate of drug-likeness (QED) is 0.108. The smallest absolute Gasteiger partial charge is 0.409 e. The van der Waals surface area contributed by atoms with Gasteiger partial charge in [0.05, 0.1) is 32.3 Å². The van der Waals surface area contributed by atoms with Crippen molar-refractivity contribution in [2.45, 2.75) is 105 Å². The second kappa shape index (κ2) is 19.6. The maximum absolute atomic E-state index is 12.4. The zero-order valence-electron chi connectivity index (χ0n) is 27.5. The van der Waals surface area contributed by atoms with Crippen molar-refractivity contribution < 1.29 is 38.4 Å². The predicted molar refractivity (Wildman–Crippen MR) is 165 cm³/mol. The van der Waals surface area contributed by atoms with E-state index < -0.39 is 23.7 Å². The Morgan fingerprint density at radius 3 is 2.24 bits per heavy atom. The van der Waals surface area contributed by atoms with E-state index in [0.717, 1.165) is 43.4 Å². The van der Waals surface area contributed by atoms with Crippen LogP contribution in [-0.2, 0) is 25.4 Å². The number of benzene rings is 1. The van der Waals surface area contributed by atoms with Gasteiger partial charge in [-0.1, -0.05) is 47.1 Å². The van der Waals surface area contributed by atoms with Gasteiger partial charge in [-0.3, -0.25) is 10.1 Å². The summed E-state index contributed by atoms with van der Waals surface area (Å²) in [6.07, 6.45) is 4.29. The summed E-state index contributed by atoms with van der Waals surface area (Å²) in [6, 6.07) is 6.06. The van der Waals surface area contributed by atoms with Crippen LogP contribution in [0.2, 0.25) is 0 Å². The molecule has 0 aliphatic rings. The van der Waals surface area contributed by atoms with Crippen molar-refractivity contribution in [1.29, 1.82) is 0 Å². The predicted octanol–water partition coefficient (Wildman–Crippen LogP) is 7.10. The number of carboxylic acid groups (broad SMARTS) is 1. The Bertz CT molecular complexity index is 917. The van der Waals surface area contributed by atoms with E-state index in [1.165, 1.54) is 0 Å². The number of unbranched alkanes of at least 4 members (excludes halogenated alkanes) is 1. The number of carbonyl (C=O) groups excluding carboxylic acids is 1. The summed E-state index contributed by atoms with van der Waals surface area (Å²) in [5, 5.41) is 12.7. The molecule has 0 fully saturated rings. The van der Waals surface area contributed by atoms with Gasteiger partial charge >= 0.3 is 12.1 Å². The zero-order valence-corrected chi connectivity index (χ0v) is 27.5. The van der Waals surface area contributed by atoms with Crippen LogP contribution >= 0.6 is 0 Å². The summed E-state index contributed by atoms with van der Waals surface area (Å²) < 4.78 is 28.3. The van der Waals surface area contributed by atoms with Crippen molar-refractivity contribution in [3.63, 3.8) is 0 Å². The third-order valence-corrected chi connectivity index (χ3v) is 7.51. The second-order valence-corrected chi connectivity index (χ2v) is 12.3. The molecule has 242 valence electrons. The number of methoxy groups -OCH3 is 2. The largest absolute Gasteiger partial charge is 0.493 e. The van der Waals surface area contributed by atoms with Gasteiger partial charge in [-0.05, 0) is 81.4 Å². The molecule has 1 amide bonds. The van der Waals surface area contributed by atoms with Gasteiger partial charge in [0.1, 0.15) is 5.72 Å². The van der Waals surface area contributed by atoms with E-state index in [-0.39, 0.29) is 12.0 Å². The van der Waals surface area contributed by atoms with Gasteiger partial charge in [0.15, 0.2) is 11.5 Å². The fourth-order valence-corrected chi connectivity index (χ4v) is 4.92. The van der Waals surface area contributed by atoms with E-state index in [1.807, 2.05) is 32.9 Å². The second-order valence-electron chi connectivity index (χ2n) is 12.3. The summed E-state index contributed by atoms with van der Waals surface area (Å²) in [5.41, 5.74) is 0.128. The number of carboxylic acids is 1. The first kappa shape index (κ1) is 37.5. The molecule has 0 aromatic heterocycles. The molecule has 1 aromatic rings. The number of carbonyl (C=O) groups is 2. The fraction of sp³-hybridized carbons (Fsp3) is 0.758. The highest BCUT2D eigenvalue weighted by molar-refractivity contribution is 5.70. The lowest BCUT2D eigenvalue weighted by Crippen LogP contribution is -2.48. The van der Waals surface area contributed by atoms with Crippen LogP contribution in [0.3, 0.4) is 0 Å². The van der Waals surface area contributed by atoms with Gasteiger partial charge < -0.3 is 28.8 Å². The van der Waals surface area contributed by atoms with Gasteiger partial charge in [-0.15, -0.1) is 0 Å². The summed E-state index contributed by atoms with van der Waals surface area (Å²) in [6.45, 7) is 15.3. The van der Waals surface area contributed by atoms with E-state index >= 15 is 0 Å². The Hall–Kier alpha value is -2.52. The summed E-state index contributed by atoms with van der Waals surface area (Å²) in [4.78, 5) is 24.4. The summed E-state index contributed by atoms with van der Waals surface area (Å²) in [7, 11) is 3.31. The lowest BCUT2D eigenvalue weighted by Gasteiger charge is -2.34. The molecule has 0 saturated heterocycles. The first-order valence-electron chi connectivity index (χ1n) is 15.5. The first-order chi connectivity index (χ1) is 19.8. The van der Waals surface area contributed by atoms with E-state index in [9.17, 15) is 14.7 Å². The number of ether oxygens (including phenoxy) is 5. The first-order valence-corrected chi connectivity index (χ1v) is 15.5. The zero-order chi connectivity index (χ0) is 31.7. The highest BCUT2D eigenvalue weighted by Gasteiger charge is 2.32. The van der Waals surface area contributed by atoms with Crippen LogP contribution in [0, 0.1) is 23.7 Å². The van der Waals surface area contributed by atoms with Crippen molar-refractivity contribution in [2.75, 3.05) is 34.0 Å². The van der Waals surface area contributed by atoms with Crippen LogP contribution in [0.4, 0.5) is 4.79 Å². The minimum Gasteiger partial charge on any atom is -0.493 e. The molecule has 1 aromatic carbocycles. The Kier molecular flexibility index (Phi) is 17.5.